The zero-order chi connectivity index (χ0) is 5.70. The summed E-state index contributed by atoms with van der Waals surface area (Å²) in [7, 11) is 1.68. The third-order valence-electron chi connectivity index (χ3n) is 0.500. The third-order valence-corrected chi connectivity index (χ3v) is 2.50. The van der Waals surface area contributed by atoms with Gasteiger partial charge in [0, 0.05) is 0 Å². The Morgan fingerprint density at radius 3 is 1.71 bits per heavy atom. The fourth-order valence-electron chi connectivity index (χ4n) is 0.250. The number of thioether (sulfide) groups is 2. The highest BCUT2D eigenvalue weighted by Gasteiger charge is 2.01. The molecule has 0 atom stereocenters. The maximum absolute atomic E-state index is 4.89. The quantitative estimate of drug-likeness (QED) is 0.473. The monoisotopic (exact) mass is 137 g/mol. The fraction of sp³-hybridized carbons (Fsp3) is 0.750. The van der Waals surface area contributed by atoms with Crippen molar-refractivity contribution < 1.29 is 4.42 Å². The van der Waals surface area contributed by atoms with E-state index in [4.69, 9.17) is 4.42 Å². The van der Waals surface area contributed by atoms with Crippen LogP contribution in [0.2, 0.25) is 0 Å². The van der Waals surface area contributed by atoms with Gasteiger partial charge in [0.05, 0.1) is 0 Å². The first kappa shape index (κ1) is 7.37. The van der Waals surface area contributed by atoms with Crippen molar-refractivity contribution in [3.8, 4) is 0 Å². The van der Waals surface area contributed by atoms with E-state index in [2.05, 4.69) is 0 Å². The summed E-state index contributed by atoms with van der Waals surface area (Å²) in [5.74, 6) is 0. The molecule has 0 aromatic carbocycles. The molecule has 0 aromatic rings. The summed E-state index contributed by atoms with van der Waals surface area (Å²) in [6.45, 7) is 0. The topological polar surface area (TPSA) is 11.3 Å². The van der Waals surface area contributed by atoms with Crippen molar-refractivity contribution in [3.05, 3.63) is 0 Å². The van der Waals surface area contributed by atoms with Crippen molar-refractivity contribution >= 4 is 28.0 Å². The van der Waals surface area contributed by atoms with Crippen LogP contribution in [0.3, 0.4) is 0 Å². The minimum atomic E-state index is 1.01. The van der Waals surface area contributed by atoms with E-state index >= 15 is 0 Å². The Morgan fingerprint density at radius 2 is 1.71 bits per heavy atom. The van der Waals surface area contributed by atoms with Crippen LogP contribution < -0.4 is 0 Å². The van der Waals surface area contributed by atoms with Crippen LogP contribution in [-0.2, 0) is 0 Å². The van der Waals surface area contributed by atoms with E-state index in [1.54, 1.807) is 30.6 Å². The van der Waals surface area contributed by atoms with Gasteiger partial charge in [-0.15, -0.1) is 0 Å². The molecule has 0 N–H and O–H groups in total. The summed E-state index contributed by atoms with van der Waals surface area (Å²) in [4.78, 5) is 0. The van der Waals surface area contributed by atoms with E-state index in [1.807, 2.05) is 12.5 Å². The van der Waals surface area contributed by atoms with Crippen LogP contribution in [0.25, 0.3) is 0 Å². The molecule has 0 radical (unpaired) electrons. The first-order chi connectivity index (χ1) is 3.35. The summed E-state index contributed by atoms with van der Waals surface area (Å²) >= 11 is 3.25. The molecular weight excluding hydrogens is 128 g/mol. The Labute approximate surface area is 52.6 Å². The Balaban J connectivity index is 3.38. The second-order valence-electron chi connectivity index (χ2n) is 0.862. The van der Waals surface area contributed by atoms with Gasteiger partial charge in [-0.1, -0.05) is 0 Å². The van der Waals surface area contributed by atoms with Crippen LogP contribution in [0.15, 0.2) is 0 Å². The molecule has 3 heteroatoms. The molecule has 0 bridgehead atoms. The maximum atomic E-state index is 4.89. The van der Waals surface area contributed by atoms with Gasteiger partial charge >= 0.3 is 4.45 Å². The summed E-state index contributed by atoms with van der Waals surface area (Å²) in [5, 5.41) is 0. The number of rotatable bonds is 0. The maximum Gasteiger partial charge on any atom is 0.413 e. The lowest BCUT2D eigenvalue weighted by molar-refractivity contribution is -0.0693. The summed E-state index contributed by atoms with van der Waals surface area (Å²) in [6, 6.07) is 0. The van der Waals surface area contributed by atoms with E-state index in [0.717, 1.165) is 4.45 Å². The van der Waals surface area contributed by atoms with Crippen LogP contribution in [0.5, 0.6) is 0 Å². The molecule has 42 valence electrons. The van der Waals surface area contributed by atoms with Gasteiger partial charge in [-0.25, -0.2) is 4.42 Å². The van der Waals surface area contributed by atoms with Crippen LogP contribution in [0.4, 0.5) is 4.42 Å². The van der Waals surface area contributed by atoms with Gasteiger partial charge in [0.2, 0.25) is 0 Å². The van der Waals surface area contributed by atoms with Crippen molar-refractivity contribution in [2.24, 2.45) is 0 Å². The Kier molecular flexibility index (Phi) is 4.77. The van der Waals surface area contributed by atoms with Crippen LogP contribution in [0.1, 0.15) is 0 Å². The van der Waals surface area contributed by atoms with E-state index in [9.17, 15) is 0 Å². The standard InChI is InChI=1S/C4H9OS2/c1-5-4(6-2)7-3/h1-3H3/q+1. The first-order valence-corrected chi connectivity index (χ1v) is 4.29. The Hall–Kier alpha value is 0.370. The van der Waals surface area contributed by atoms with Gasteiger partial charge in [-0.3, -0.25) is 0 Å². The van der Waals surface area contributed by atoms with Crippen LogP contribution in [0, 0.1) is 0 Å². The molecule has 0 rings (SSSR count). The molecule has 7 heavy (non-hydrogen) atoms. The highest BCUT2D eigenvalue weighted by molar-refractivity contribution is 8.38. The average Bonchev–Trinajstić information content (AvgIpc) is 1.72. The second-order valence-corrected chi connectivity index (χ2v) is 2.68. The lowest BCUT2D eigenvalue weighted by atomic mass is 11.6. The predicted molar refractivity (Wildman–Crippen MR) is 38.4 cm³/mol. The highest BCUT2D eigenvalue weighted by atomic mass is 32.2. The lowest BCUT2D eigenvalue weighted by Gasteiger charge is -1.77. The zero-order valence-electron chi connectivity index (χ0n) is 4.72. The van der Waals surface area contributed by atoms with Crippen molar-refractivity contribution in [1.29, 1.82) is 0 Å². The van der Waals surface area contributed by atoms with Gasteiger partial charge < -0.3 is 0 Å². The van der Waals surface area contributed by atoms with Gasteiger partial charge in [-0.05, 0) is 36.0 Å². The molecule has 0 saturated carbocycles. The summed E-state index contributed by atoms with van der Waals surface area (Å²) in [5.41, 5.74) is 0. The number of hydrogen-bond donors (Lipinski definition) is 0. The molecule has 0 aliphatic heterocycles. The van der Waals surface area contributed by atoms with Gasteiger partial charge in [0.1, 0.15) is 0 Å². The Morgan fingerprint density at radius 1 is 1.29 bits per heavy atom. The Bertz CT molecular complexity index is 64.1. The normalized spacial score (nSPS) is 8.43. The minimum absolute atomic E-state index is 1.01. The van der Waals surface area contributed by atoms with Gasteiger partial charge in [-0.2, -0.15) is 0 Å². The van der Waals surface area contributed by atoms with E-state index < -0.39 is 0 Å². The molecule has 0 amide bonds. The third kappa shape index (κ3) is 3.00. The molecule has 0 aromatic heterocycles. The van der Waals surface area contributed by atoms with Crippen LogP contribution in [-0.4, -0.2) is 24.1 Å². The molecule has 0 unspecified atom stereocenters. The van der Waals surface area contributed by atoms with Crippen molar-refractivity contribution in [2.75, 3.05) is 19.6 Å². The fourth-order valence-corrected chi connectivity index (χ4v) is 1.25. The SMILES string of the molecule is C[O+]=C(SC)SC. The predicted octanol–water partition coefficient (Wildman–Crippen LogP) is 2.00. The molecule has 0 aliphatic carbocycles. The second kappa shape index (κ2) is 4.53. The number of carbonyl (C=O) groups excluding carboxylic acids is 1. The molecule has 1 nitrogen and oxygen atoms in total. The smallest absolute Gasteiger partial charge is 0.245 e. The molecule has 0 spiro atoms. The zero-order valence-corrected chi connectivity index (χ0v) is 6.36. The van der Waals surface area contributed by atoms with E-state index in [1.165, 1.54) is 0 Å². The van der Waals surface area contributed by atoms with Crippen molar-refractivity contribution in [2.45, 2.75) is 0 Å². The number of hydrogen-bond acceptors (Lipinski definition) is 2. The van der Waals surface area contributed by atoms with E-state index in [0.29, 0.717) is 0 Å². The average molecular weight is 137 g/mol. The molecule has 0 heterocycles. The molecule has 0 aliphatic rings. The minimum Gasteiger partial charge on any atom is -0.245 e. The summed E-state index contributed by atoms with van der Waals surface area (Å²) in [6.07, 6.45) is 3.99. The van der Waals surface area contributed by atoms with Gasteiger partial charge in [0.15, 0.2) is 0 Å². The van der Waals surface area contributed by atoms with Crippen LogP contribution >= 0.6 is 23.5 Å². The first-order valence-electron chi connectivity index (χ1n) is 1.84. The highest BCUT2D eigenvalue weighted by Crippen LogP contribution is 2.11. The summed E-state index contributed by atoms with van der Waals surface area (Å²) < 4.78 is 5.91. The largest absolute Gasteiger partial charge is 0.413 e. The van der Waals surface area contributed by atoms with E-state index in [-0.39, 0.29) is 0 Å². The molecule has 0 saturated heterocycles. The van der Waals surface area contributed by atoms with Crippen molar-refractivity contribution in [3.63, 3.8) is 0 Å². The molecular formula is C4H9OS2+. The molecule has 0 fully saturated rings. The lowest BCUT2D eigenvalue weighted by Crippen LogP contribution is -1.74. The van der Waals surface area contributed by atoms with Crippen molar-refractivity contribution in [1.82, 2.24) is 0 Å². The van der Waals surface area contributed by atoms with Gasteiger partial charge in [0.25, 0.3) is 7.11 Å².